The van der Waals surface area contributed by atoms with Crippen molar-refractivity contribution in [2.45, 2.75) is 13.8 Å². The van der Waals surface area contributed by atoms with Gasteiger partial charge in [0.2, 0.25) is 0 Å². The Labute approximate surface area is 107 Å². The number of carboxylic acid groups (broad SMARTS) is 1. The zero-order valence-electron chi connectivity index (χ0n) is 9.81. The van der Waals surface area contributed by atoms with Crippen LogP contribution in [0.1, 0.15) is 20.8 Å². The van der Waals surface area contributed by atoms with Crippen LogP contribution in [0.25, 0.3) is 0 Å². The second kappa shape index (κ2) is 5.97. The highest BCUT2D eigenvalue weighted by molar-refractivity contribution is 7.10. The van der Waals surface area contributed by atoms with Crippen LogP contribution in [0.4, 0.5) is 0 Å². The van der Waals surface area contributed by atoms with Crippen molar-refractivity contribution in [2.75, 3.05) is 0 Å². The number of thiophene rings is 1. The van der Waals surface area contributed by atoms with Gasteiger partial charge in [-0.2, -0.15) is 0 Å². The van der Waals surface area contributed by atoms with E-state index in [0.717, 1.165) is 16.5 Å². The van der Waals surface area contributed by atoms with E-state index in [4.69, 9.17) is 5.11 Å². The molecule has 0 radical (unpaired) electrons. The Kier molecular flexibility index (Phi) is 4.61. The monoisotopic (exact) mass is 268 g/mol. The number of rotatable bonds is 3. The summed E-state index contributed by atoms with van der Waals surface area (Å²) >= 11 is 1.44. The summed E-state index contributed by atoms with van der Waals surface area (Å²) in [5.41, 5.74) is 5.63. The molecule has 0 aliphatic carbocycles. The molecule has 7 heteroatoms. The van der Waals surface area contributed by atoms with E-state index in [9.17, 15) is 14.4 Å². The zero-order valence-corrected chi connectivity index (χ0v) is 10.6. The SMILES string of the molecule is Cc1scc(C(=O)NNC(=O)C=CC(=O)O)c1C. The molecule has 0 bridgehead atoms. The van der Waals surface area contributed by atoms with Crippen LogP contribution in [-0.4, -0.2) is 22.9 Å². The fraction of sp³-hybridized carbons (Fsp3) is 0.182. The molecule has 0 saturated carbocycles. The fourth-order valence-corrected chi connectivity index (χ4v) is 1.98. The van der Waals surface area contributed by atoms with Crippen LogP contribution >= 0.6 is 11.3 Å². The highest BCUT2D eigenvalue weighted by Gasteiger charge is 2.12. The van der Waals surface area contributed by atoms with Gasteiger partial charge in [0.1, 0.15) is 0 Å². The molecule has 3 N–H and O–H groups in total. The summed E-state index contributed by atoms with van der Waals surface area (Å²) in [5.74, 6) is -2.38. The van der Waals surface area contributed by atoms with Gasteiger partial charge in [-0.25, -0.2) is 4.79 Å². The molecule has 0 saturated heterocycles. The molecule has 2 amide bonds. The Morgan fingerprint density at radius 3 is 2.39 bits per heavy atom. The molecule has 1 rings (SSSR count). The number of hydrazine groups is 1. The van der Waals surface area contributed by atoms with Crippen molar-refractivity contribution in [3.63, 3.8) is 0 Å². The molecule has 96 valence electrons. The van der Waals surface area contributed by atoms with Gasteiger partial charge >= 0.3 is 5.97 Å². The van der Waals surface area contributed by atoms with Gasteiger partial charge in [0, 0.05) is 22.4 Å². The van der Waals surface area contributed by atoms with Crippen LogP contribution in [0.3, 0.4) is 0 Å². The van der Waals surface area contributed by atoms with Crippen molar-refractivity contribution in [3.8, 4) is 0 Å². The van der Waals surface area contributed by atoms with Gasteiger partial charge in [0.25, 0.3) is 11.8 Å². The summed E-state index contributed by atoms with van der Waals surface area (Å²) in [5, 5.41) is 10.00. The molecule has 1 heterocycles. The summed E-state index contributed by atoms with van der Waals surface area (Å²) in [6.07, 6.45) is 1.50. The van der Waals surface area contributed by atoms with Gasteiger partial charge in [-0.15, -0.1) is 11.3 Å². The lowest BCUT2D eigenvalue weighted by molar-refractivity contribution is -0.131. The van der Waals surface area contributed by atoms with Crippen LogP contribution in [-0.2, 0) is 9.59 Å². The topological polar surface area (TPSA) is 95.5 Å². The third-order valence-electron chi connectivity index (χ3n) is 2.21. The largest absolute Gasteiger partial charge is 0.478 e. The highest BCUT2D eigenvalue weighted by Crippen LogP contribution is 2.19. The minimum atomic E-state index is -1.24. The predicted molar refractivity (Wildman–Crippen MR) is 66.2 cm³/mol. The van der Waals surface area contributed by atoms with Crippen molar-refractivity contribution < 1.29 is 19.5 Å². The van der Waals surface area contributed by atoms with Crippen molar-refractivity contribution in [2.24, 2.45) is 0 Å². The predicted octanol–water partition coefficient (Wildman–Crippen LogP) is 0.767. The molecular weight excluding hydrogens is 256 g/mol. The molecule has 1 aromatic heterocycles. The lowest BCUT2D eigenvalue weighted by Crippen LogP contribution is -2.40. The van der Waals surface area contributed by atoms with Crippen molar-refractivity contribution in [1.82, 2.24) is 10.9 Å². The van der Waals surface area contributed by atoms with E-state index in [2.05, 4.69) is 10.9 Å². The van der Waals surface area contributed by atoms with Crippen LogP contribution in [0.2, 0.25) is 0 Å². The molecular formula is C11H12N2O4S. The van der Waals surface area contributed by atoms with Gasteiger partial charge in [-0.1, -0.05) is 0 Å². The molecule has 0 atom stereocenters. The van der Waals surface area contributed by atoms with Crippen LogP contribution in [0, 0.1) is 13.8 Å². The van der Waals surface area contributed by atoms with Crippen LogP contribution < -0.4 is 10.9 Å². The Bertz CT molecular complexity index is 519. The first kappa shape index (κ1) is 13.9. The average molecular weight is 268 g/mol. The lowest BCUT2D eigenvalue weighted by atomic mass is 10.2. The Morgan fingerprint density at radius 1 is 1.22 bits per heavy atom. The number of aryl methyl sites for hydroxylation is 1. The van der Waals surface area contributed by atoms with Gasteiger partial charge in [0.15, 0.2) is 0 Å². The summed E-state index contributed by atoms with van der Waals surface area (Å²) in [7, 11) is 0. The Morgan fingerprint density at radius 2 is 1.89 bits per heavy atom. The molecule has 0 fully saturated rings. The normalized spacial score (nSPS) is 10.3. The Balaban J connectivity index is 2.54. The standard InChI is InChI=1S/C11H12N2O4S/c1-6-7(2)18-5-8(6)11(17)13-12-9(14)3-4-10(15)16/h3-5H,1-2H3,(H,12,14)(H,13,17)(H,15,16). The summed E-state index contributed by atoms with van der Waals surface area (Å²) in [6.45, 7) is 3.71. The zero-order chi connectivity index (χ0) is 13.7. The maximum Gasteiger partial charge on any atom is 0.328 e. The molecule has 0 spiro atoms. The maximum atomic E-state index is 11.7. The van der Waals surface area contributed by atoms with Crippen LogP contribution in [0.5, 0.6) is 0 Å². The summed E-state index contributed by atoms with van der Waals surface area (Å²) in [6, 6.07) is 0. The number of carbonyl (C=O) groups is 3. The number of nitrogens with one attached hydrogen (secondary N) is 2. The molecule has 18 heavy (non-hydrogen) atoms. The Hall–Kier alpha value is -2.15. The van der Waals surface area contributed by atoms with E-state index < -0.39 is 17.8 Å². The van der Waals surface area contributed by atoms with Gasteiger partial charge in [0.05, 0.1) is 5.56 Å². The van der Waals surface area contributed by atoms with Gasteiger partial charge < -0.3 is 5.11 Å². The van der Waals surface area contributed by atoms with E-state index >= 15 is 0 Å². The molecule has 0 aromatic carbocycles. The van der Waals surface area contributed by atoms with Crippen molar-refractivity contribution in [3.05, 3.63) is 33.5 Å². The second-order valence-corrected chi connectivity index (χ2v) is 4.53. The minimum absolute atomic E-state index is 0.436. The molecule has 1 aromatic rings. The molecule has 6 nitrogen and oxygen atoms in total. The quantitative estimate of drug-likeness (QED) is 0.557. The number of hydrogen-bond donors (Lipinski definition) is 3. The number of carbonyl (C=O) groups excluding carboxylic acids is 2. The van der Waals surface area contributed by atoms with Gasteiger partial charge in [-0.05, 0) is 19.4 Å². The van der Waals surface area contributed by atoms with Crippen molar-refractivity contribution in [1.29, 1.82) is 0 Å². The smallest absolute Gasteiger partial charge is 0.328 e. The minimum Gasteiger partial charge on any atom is -0.478 e. The first-order chi connectivity index (χ1) is 8.41. The number of carboxylic acids is 1. The maximum absolute atomic E-state index is 11.7. The van der Waals surface area contributed by atoms with Crippen LogP contribution in [0.15, 0.2) is 17.5 Å². The summed E-state index contributed by atoms with van der Waals surface area (Å²) < 4.78 is 0. The van der Waals surface area contributed by atoms with Gasteiger partial charge in [-0.3, -0.25) is 20.4 Å². The van der Waals surface area contributed by atoms with E-state index in [-0.39, 0.29) is 0 Å². The lowest BCUT2D eigenvalue weighted by Gasteiger charge is -2.04. The second-order valence-electron chi connectivity index (χ2n) is 3.45. The van der Waals surface area contributed by atoms with E-state index in [1.54, 1.807) is 5.38 Å². The van der Waals surface area contributed by atoms with E-state index in [1.165, 1.54) is 11.3 Å². The summed E-state index contributed by atoms with van der Waals surface area (Å²) in [4.78, 5) is 33.9. The third-order valence-corrected chi connectivity index (χ3v) is 3.22. The average Bonchev–Trinajstić information content (AvgIpc) is 2.64. The highest BCUT2D eigenvalue weighted by atomic mass is 32.1. The molecule has 0 aliphatic rings. The number of aliphatic carboxylic acids is 1. The first-order valence-corrected chi connectivity index (χ1v) is 5.85. The van der Waals surface area contributed by atoms with Crippen molar-refractivity contribution >= 4 is 29.1 Å². The fourth-order valence-electron chi connectivity index (χ4n) is 1.11. The van der Waals surface area contributed by atoms with E-state index in [0.29, 0.717) is 11.6 Å². The molecule has 0 unspecified atom stereocenters. The first-order valence-electron chi connectivity index (χ1n) is 4.98. The number of amides is 2. The number of hydrogen-bond acceptors (Lipinski definition) is 4. The van der Waals surface area contributed by atoms with E-state index in [1.807, 2.05) is 13.8 Å². The third kappa shape index (κ3) is 3.70. The molecule has 0 aliphatic heterocycles.